The van der Waals surface area contributed by atoms with Gasteiger partial charge in [0, 0.05) is 0 Å². The standard InChI is InChI=1S/C8H7ClN2/c1-6-5-7-3-2-4-8(9)11(7)10-6/h2-5H,1H3. The van der Waals surface area contributed by atoms with Gasteiger partial charge in [-0.15, -0.1) is 0 Å². The molecule has 0 atom stereocenters. The molecule has 0 bridgehead atoms. The number of hydrogen-bond acceptors (Lipinski definition) is 1. The van der Waals surface area contributed by atoms with Crippen molar-refractivity contribution in [1.29, 1.82) is 0 Å². The zero-order chi connectivity index (χ0) is 7.84. The van der Waals surface area contributed by atoms with E-state index < -0.39 is 0 Å². The van der Waals surface area contributed by atoms with Crippen molar-refractivity contribution in [3.05, 3.63) is 35.1 Å². The maximum Gasteiger partial charge on any atom is 0.131 e. The molecule has 2 aromatic heterocycles. The van der Waals surface area contributed by atoms with Gasteiger partial charge < -0.3 is 0 Å². The van der Waals surface area contributed by atoms with Crippen LogP contribution in [-0.2, 0) is 0 Å². The molecule has 0 saturated carbocycles. The van der Waals surface area contributed by atoms with E-state index in [1.807, 2.05) is 31.2 Å². The summed E-state index contributed by atoms with van der Waals surface area (Å²) >= 11 is 5.87. The van der Waals surface area contributed by atoms with E-state index in [9.17, 15) is 0 Å². The summed E-state index contributed by atoms with van der Waals surface area (Å²) in [6, 6.07) is 7.71. The molecule has 0 spiro atoms. The van der Waals surface area contributed by atoms with Crippen molar-refractivity contribution >= 4 is 17.1 Å². The summed E-state index contributed by atoms with van der Waals surface area (Å²) in [5, 5.41) is 4.85. The second-order valence-electron chi connectivity index (χ2n) is 2.47. The average molecular weight is 167 g/mol. The first-order chi connectivity index (χ1) is 5.27. The van der Waals surface area contributed by atoms with Crippen LogP contribution in [-0.4, -0.2) is 9.61 Å². The van der Waals surface area contributed by atoms with E-state index in [-0.39, 0.29) is 0 Å². The van der Waals surface area contributed by atoms with Crippen molar-refractivity contribution in [3.8, 4) is 0 Å². The molecule has 0 radical (unpaired) electrons. The van der Waals surface area contributed by atoms with E-state index in [0.29, 0.717) is 5.15 Å². The van der Waals surface area contributed by atoms with Gasteiger partial charge in [-0.2, -0.15) is 5.10 Å². The monoisotopic (exact) mass is 166 g/mol. The van der Waals surface area contributed by atoms with Gasteiger partial charge in [-0.25, -0.2) is 4.52 Å². The van der Waals surface area contributed by atoms with Crippen molar-refractivity contribution in [2.75, 3.05) is 0 Å². The third-order valence-corrected chi connectivity index (χ3v) is 1.85. The van der Waals surface area contributed by atoms with Gasteiger partial charge in [0.05, 0.1) is 11.2 Å². The quantitative estimate of drug-likeness (QED) is 0.549. The van der Waals surface area contributed by atoms with Crippen LogP contribution in [0.15, 0.2) is 24.3 Å². The van der Waals surface area contributed by atoms with Crippen LogP contribution in [0.3, 0.4) is 0 Å². The Hall–Kier alpha value is -1.02. The van der Waals surface area contributed by atoms with Crippen molar-refractivity contribution in [2.24, 2.45) is 0 Å². The van der Waals surface area contributed by atoms with Gasteiger partial charge in [-0.05, 0) is 25.1 Å². The zero-order valence-corrected chi connectivity index (χ0v) is 6.84. The smallest absolute Gasteiger partial charge is 0.131 e. The highest BCUT2D eigenvalue weighted by Gasteiger charge is 1.98. The van der Waals surface area contributed by atoms with Gasteiger partial charge in [-0.1, -0.05) is 17.7 Å². The van der Waals surface area contributed by atoms with Crippen LogP contribution >= 0.6 is 11.6 Å². The van der Waals surface area contributed by atoms with Crippen LogP contribution in [0.5, 0.6) is 0 Å². The van der Waals surface area contributed by atoms with Crippen molar-refractivity contribution in [2.45, 2.75) is 6.92 Å². The number of aromatic nitrogens is 2. The molecule has 56 valence electrons. The first-order valence-corrected chi connectivity index (χ1v) is 3.76. The molecule has 0 unspecified atom stereocenters. The molecule has 0 saturated heterocycles. The molecule has 2 rings (SSSR count). The minimum absolute atomic E-state index is 0.649. The van der Waals surface area contributed by atoms with Crippen LogP contribution in [0.4, 0.5) is 0 Å². The molecular weight excluding hydrogens is 160 g/mol. The predicted octanol–water partition coefficient (Wildman–Crippen LogP) is 2.30. The van der Waals surface area contributed by atoms with E-state index in [0.717, 1.165) is 11.2 Å². The van der Waals surface area contributed by atoms with E-state index in [2.05, 4.69) is 5.10 Å². The Morgan fingerprint density at radius 1 is 1.45 bits per heavy atom. The Morgan fingerprint density at radius 2 is 2.27 bits per heavy atom. The fraction of sp³-hybridized carbons (Fsp3) is 0.125. The number of hydrogen-bond donors (Lipinski definition) is 0. The molecule has 0 aromatic carbocycles. The number of pyridine rings is 1. The second-order valence-corrected chi connectivity index (χ2v) is 2.86. The van der Waals surface area contributed by atoms with E-state index in [1.54, 1.807) is 4.52 Å². The minimum Gasteiger partial charge on any atom is -0.222 e. The van der Waals surface area contributed by atoms with Crippen molar-refractivity contribution < 1.29 is 0 Å². The molecule has 11 heavy (non-hydrogen) atoms. The zero-order valence-electron chi connectivity index (χ0n) is 6.08. The van der Waals surface area contributed by atoms with Gasteiger partial charge >= 0.3 is 0 Å². The first kappa shape index (κ1) is 6.68. The molecule has 2 aromatic rings. The molecule has 0 aliphatic carbocycles. The summed E-state index contributed by atoms with van der Waals surface area (Å²) in [5.74, 6) is 0. The number of fused-ring (bicyclic) bond motifs is 1. The lowest BCUT2D eigenvalue weighted by Gasteiger charge is -1.93. The summed E-state index contributed by atoms with van der Waals surface area (Å²) in [7, 11) is 0. The highest BCUT2D eigenvalue weighted by molar-refractivity contribution is 6.29. The van der Waals surface area contributed by atoms with Gasteiger partial charge in [0.1, 0.15) is 5.15 Å². The van der Waals surface area contributed by atoms with E-state index in [1.165, 1.54) is 0 Å². The Balaban J connectivity index is 2.90. The Morgan fingerprint density at radius 3 is 3.00 bits per heavy atom. The number of aryl methyl sites for hydroxylation is 1. The Labute approximate surface area is 69.4 Å². The average Bonchev–Trinajstić information content (AvgIpc) is 2.31. The fourth-order valence-corrected chi connectivity index (χ4v) is 1.31. The molecule has 0 fully saturated rings. The first-order valence-electron chi connectivity index (χ1n) is 3.38. The Kier molecular flexibility index (Phi) is 1.36. The lowest BCUT2D eigenvalue weighted by atomic mass is 10.4. The number of rotatable bonds is 0. The maximum absolute atomic E-state index is 5.87. The van der Waals surface area contributed by atoms with E-state index >= 15 is 0 Å². The predicted molar refractivity (Wildman–Crippen MR) is 44.9 cm³/mol. The molecule has 0 aliphatic heterocycles. The lowest BCUT2D eigenvalue weighted by Crippen LogP contribution is -1.87. The SMILES string of the molecule is Cc1cc2cccc(Cl)n2n1. The molecule has 0 amide bonds. The summed E-state index contributed by atoms with van der Waals surface area (Å²) in [6.45, 7) is 1.95. The van der Waals surface area contributed by atoms with Crippen LogP contribution < -0.4 is 0 Å². The number of halogens is 1. The molecule has 0 N–H and O–H groups in total. The van der Waals surface area contributed by atoms with Crippen molar-refractivity contribution in [3.63, 3.8) is 0 Å². The second kappa shape index (κ2) is 2.24. The Bertz CT molecular complexity index is 392. The molecule has 2 heterocycles. The largest absolute Gasteiger partial charge is 0.222 e. The maximum atomic E-state index is 5.87. The third-order valence-electron chi connectivity index (χ3n) is 1.56. The number of nitrogens with zero attached hydrogens (tertiary/aromatic N) is 2. The molecule has 0 aliphatic rings. The molecule has 2 nitrogen and oxygen atoms in total. The minimum atomic E-state index is 0.649. The highest BCUT2D eigenvalue weighted by atomic mass is 35.5. The third kappa shape index (κ3) is 0.994. The normalized spacial score (nSPS) is 10.7. The topological polar surface area (TPSA) is 17.3 Å². The van der Waals surface area contributed by atoms with Crippen LogP contribution in [0.2, 0.25) is 5.15 Å². The molecular formula is C8H7ClN2. The molecule has 3 heteroatoms. The van der Waals surface area contributed by atoms with Crippen LogP contribution in [0.1, 0.15) is 5.69 Å². The van der Waals surface area contributed by atoms with Gasteiger partial charge in [0.15, 0.2) is 0 Å². The summed E-state index contributed by atoms with van der Waals surface area (Å²) in [6.07, 6.45) is 0. The highest BCUT2D eigenvalue weighted by Crippen LogP contribution is 2.12. The van der Waals surface area contributed by atoms with Gasteiger partial charge in [0.25, 0.3) is 0 Å². The van der Waals surface area contributed by atoms with E-state index in [4.69, 9.17) is 11.6 Å². The van der Waals surface area contributed by atoms with Crippen LogP contribution in [0.25, 0.3) is 5.52 Å². The van der Waals surface area contributed by atoms with Gasteiger partial charge in [0.2, 0.25) is 0 Å². The summed E-state index contributed by atoms with van der Waals surface area (Å²) < 4.78 is 1.72. The summed E-state index contributed by atoms with van der Waals surface area (Å²) in [4.78, 5) is 0. The van der Waals surface area contributed by atoms with Gasteiger partial charge in [-0.3, -0.25) is 0 Å². The fourth-order valence-electron chi connectivity index (χ4n) is 1.11. The summed E-state index contributed by atoms with van der Waals surface area (Å²) in [5.41, 5.74) is 2.02. The lowest BCUT2D eigenvalue weighted by molar-refractivity contribution is 0.935. The van der Waals surface area contributed by atoms with Crippen molar-refractivity contribution in [1.82, 2.24) is 9.61 Å². The van der Waals surface area contributed by atoms with Crippen LogP contribution in [0, 0.1) is 6.92 Å².